The topological polar surface area (TPSA) is 59.4 Å². The normalized spacial score (nSPS) is 16.7. The minimum atomic E-state index is -1.03. The first-order chi connectivity index (χ1) is 12.1. The van der Waals surface area contributed by atoms with Gasteiger partial charge in [-0.25, -0.2) is 4.79 Å². The second kappa shape index (κ2) is 6.17. The lowest BCUT2D eigenvalue weighted by atomic mass is 9.73. The van der Waals surface area contributed by atoms with Crippen LogP contribution in [0.25, 0.3) is 0 Å². The molecule has 0 saturated heterocycles. The van der Waals surface area contributed by atoms with Crippen molar-refractivity contribution in [2.24, 2.45) is 0 Å². The van der Waals surface area contributed by atoms with E-state index in [0.29, 0.717) is 5.56 Å². The molecule has 1 aliphatic rings. The van der Waals surface area contributed by atoms with Crippen LogP contribution in [0.3, 0.4) is 0 Å². The molecule has 0 spiro atoms. The molecule has 1 N–H and O–H groups in total. The predicted octanol–water partition coefficient (Wildman–Crippen LogP) is 4.33. The van der Waals surface area contributed by atoms with Gasteiger partial charge in [0.2, 0.25) is 0 Å². The monoisotopic (exact) mass is 349 g/mol. The second-order valence-corrected chi connectivity index (χ2v) is 8.06. The Kier molecular flexibility index (Phi) is 4.28. The van der Waals surface area contributed by atoms with Gasteiger partial charge >= 0.3 is 5.97 Å². The average Bonchev–Trinajstić information content (AvgIpc) is 2.51. The van der Waals surface area contributed by atoms with Gasteiger partial charge in [-0.15, -0.1) is 0 Å². The number of aromatic carboxylic acids is 1. The molecule has 3 rings (SSSR count). The second-order valence-electron chi connectivity index (χ2n) is 8.06. The first-order valence-electron chi connectivity index (χ1n) is 8.62. The molecule has 1 aromatic heterocycles. The summed E-state index contributed by atoms with van der Waals surface area (Å²) in [6, 6.07) is 5.74. The summed E-state index contributed by atoms with van der Waals surface area (Å²) in [7, 11) is 0. The summed E-state index contributed by atoms with van der Waals surface area (Å²) >= 11 is 0. The molecule has 4 nitrogen and oxygen atoms in total. The number of hydrogen-bond donors (Lipinski definition) is 1. The van der Waals surface area contributed by atoms with Crippen LogP contribution in [0.5, 0.6) is 5.75 Å². The maximum Gasteiger partial charge on any atom is 0.338 e. The standard InChI is InChI=1S/C22H23NO3/c1-14-10-19-18(21(2,3)13-22(4,5)26-19)11-16(14)7-6-15-8-9-23-12-17(15)20(24)25/h8-12H,13H2,1-5H3,(H,24,25). The molecule has 2 heterocycles. The zero-order valence-corrected chi connectivity index (χ0v) is 15.8. The van der Waals surface area contributed by atoms with E-state index in [9.17, 15) is 9.90 Å². The van der Waals surface area contributed by atoms with Gasteiger partial charge in [0.25, 0.3) is 0 Å². The molecule has 0 saturated carbocycles. The van der Waals surface area contributed by atoms with Crippen LogP contribution in [-0.4, -0.2) is 21.7 Å². The van der Waals surface area contributed by atoms with Crippen LogP contribution >= 0.6 is 0 Å². The number of ether oxygens (including phenoxy) is 1. The smallest absolute Gasteiger partial charge is 0.338 e. The van der Waals surface area contributed by atoms with E-state index in [4.69, 9.17) is 4.74 Å². The number of aromatic nitrogens is 1. The van der Waals surface area contributed by atoms with Gasteiger partial charge in [0.05, 0.1) is 5.56 Å². The maximum atomic E-state index is 11.3. The van der Waals surface area contributed by atoms with Crippen molar-refractivity contribution in [2.75, 3.05) is 0 Å². The van der Waals surface area contributed by atoms with Gasteiger partial charge in [0, 0.05) is 29.1 Å². The first-order valence-corrected chi connectivity index (χ1v) is 8.62. The van der Waals surface area contributed by atoms with E-state index in [1.54, 1.807) is 12.3 Å². The Bertz CT molecular complexity index is 946. The van der Waals surface area contributed by atoms with Crippen LogP contribution in [-0.2, 0) is 5.41 Å². The van der Waals surface area contributed by atoms with E-state index < -0.39 is 5.97 Å². The molecule has 134 valence electrons. The molecular weight excluding hydrogens is 326 g/mol. The van der Waals surface area contributed by atoms with Crippen LogP contribution in [0.4, 0.5) is 0 Å². The summed E-state index contributed by atoms with van der Waals surface area (Å²) < 4.78 is 6.17. The number of aryl methyl sites for hydroxylation is 1. The van der Waals surface area contributed by atoms with Crippen LogP contribution in [0.2, 0.25) is 0 Å². The zero-order valence-electron chi connectivity index (χ0n) is 15.8. The van der Waals surface area contributed by atoms with Gasteiger partial charge in [-0.3, -0.25) is 4.98 Å². The molecule has 0 bridgehead atoms. The van der Waals surface area contributed by atoms with Gasteiger partial charge in [0.15, 0.2) is 0 Å². The lowest BCUT2D eigenvalue weighted by Crippen LogP contribution is -2.41. The molecule has 0 unspecified atom stereocenters. The summed E-state index contributed by atoms with van der Waals surface area (Å²) in [5.74, 6) is 6.01. The van der Waals surface area contributed by atoms with Crippen molar-refractivity contribution in [2.45, 2.75) is 52.1 Å². The van der Waals surface area contributed by atoms with E-state index in [2.05, 4.69) is 50.6 Å². The highest BCUT2D eigenvalue weighted by atomic mass is 16.5. The molecule has 26 heavy (non-hydrogen) atoms. The van der Waals surface area contributed by atoms with Gasteiger partial charge in [-0.05, 0) is 56.4 Å². The number of pyridine rings is 1. The number of carboxylic acid groups (broad SMARTS) is 1. The highest BCUT2D eigenvalue weighted by Crippen LogP contribution is 2.45. The Morgan fingerprint density at radius 3 is 2.58 bits per heavy atom. The van der Waals surface area contributed by atoms with Gasteiger partial charge < -0.3 is 9.84 Å². The molecule has 0 radical (unpaired) electrons. The van der Waals surface area contributed by atoms with Crippen molar-refractivity contribution in [3.63, 3.8) is 0 Å². The van der Waals surface area contributed by atoms with Crippen molar-refractivity contribution in [3.05, 3.63) is 58.4 Å². The largest absolute Gasteiger partial charge is 0.488 e. The number of hydrogen-bond acceptors (Lipinski definition) is 3. The fraction of sp³-hybridized carbons (Fsp3) is 0.364. The average molecular weight is 349 g/mol. The van der Waals surface area contributed by atoms with Crippen molar-refractivity contribution in [1.82, 2.24) is 4.98 Å². The van der Waals surface area contributed by atoms with E-state index >= 15 is 0 Å². The summed E-state index contributed by atoms with van der Waals surface area (Å²) in [5.41, 5.74) is 3.37. The summed E-state index contributed by atoms with van der Waals surface area (Å²) in [6.45, 7) is 10.6. The SMILES string of the molecule is Cc1cc2c(cc1C#Cc1ccncc1C(=O)O)C(C)(C)CC(C)(C)O2. The van der Waals surface area contributed by atoms with Crippen molar-refractivity contribution >= 4 is 5.97 Å². The maximum absolute atomic E-state index is 11.3. The lowest BCUT2D eigenvalue weighted by Gasteiger charge is -2.42. The number of carboxylic acids is 1. The first kappa shape index (κ1) is 18.0. The highest BCUT2D eigenvalue weighted by molar-refractivity contribution is 5.90. The molecule has 0 aliphatic carbocycles. The van der Waals surface area contributed by atoms with E-state index in [-0.39, 0.29) is 16.6 Å². The van der Waals surface area contributed by atoms with Gasteiger partial charge in [0.1, 0.15) is 11.4 Å². The number of fused-ring (bicyclic) bond motifs is 1. The third kappa shape index (κ3) is 3.43. The fourth-order valence-electron chi connectivity index (χ4n) is 3.73. The minimum Gasteiger partial charge on any atom is -0.488 e. The number of carbonyl (C=O) groups is 1. The highest BCUT2D eigenvalue weighted by Gasteiger charge is 2.39. The zero-order chi connectivity index (χ0) is 19.1. The Hall–Kier alpha value is -2.80. The van der Waals surface area contributed by atoms with Crippen LogP contribution in [0, 0.1) is 18.8 Å². The summed E-state index contributed by atoms with van der Waals surface area (Å²) in [6.07, 6.45) is 3.79. The third-order valence-electron chi connectivity index (χ3n) is 4.69. The number of rotatable bonds is 1. The Morgan fingerprint density at radius 1 is 1.19 bits per heavy atom. The molecule has 4 heteroatoms. The Morgan fingerprint density at radius 2 is 1.88 bits per heavy atom. The Balaban J connectivity index is 2.07. The molecule has 0 atom stereocenters. The van der Waals surface area contributed by atoms with E-state index in [1.807, 2.05) is 13.0 Å². The fourth-order valence-corrected chi connectivity index (χ4v) is 3.73. The molecule has 0 fully saturated rings. The quantitative estimate of drug-likeness (QED) is 0.779. The molecule has 1 aliphatic heterocycles. The van der Waals surface area contributed by atoms with Gasteiger partial charge in [-0.1, -0.05) is 25.7 Å². The van der Waals surface area contributed by atoms with Crippen molar-refractivity contribution in [1.29, 1.82) is 0 Å². The van der Waals surface area contributed by atoms with Crippen LogP contribution < -0.4 is 4.74 Å². The third-order valence-corrected chi connectivity index (χ3v) is 4.69. The molecule has 1 aromatic carbocycles. The molecule has 2 aromatic rings. The van der Waals surface area contributed by atoms with E-state index in [1.165, 1.54) is 6.20 Å². The number of nitrogens with zero attached hydrogens (tertiary/aromatic N) is 1. The predicted molar refractivity (Wildman–Crippen MR) is 101 cm³/mol. The minimum absolute atomic E-state index is 0.0237. The van der Waals surface area contributed by atoms with Crippen LogP contribution in [0.15, 0.2) is 30.6 Å². The number of benzene rings is 1. The van der Waals surface area contributed by atoms with Crippen molar-refractivity contribution in [3.8, 4) is 17.6 Å². The van der Waals surface area contributed by atoms with Crippen LogP contribution in [0.1, 0.15) is 66.7 Å². The lowest BCUT2D eigenvalue weighted by molar-refractivity contribution is 0.0533. The van der Waals surface area contributed by atoms with E-state index in [0.717, 1.165) is 28.9 Å². The molecule has 0 amide bonds. The molecular formula is C22H23NO3. The van der Waals surface area contributed by atoms with Gasteiger partial charge in [-0.2, -0.15) is 0 Å². The summed E-state index contributed by atoms with van der Waals surface area (Å²) in [5, 5.41) is 9.27. The summed E-state index contributed by atoms with van der Waals surface area (Å²) in [4.78, 5) is 15.2. The Labute approximate surface area is 154 Å². The van der Waals surface area contributed by atoms with Crippen molar-refractivity contribution < 1.29 is 14.6 Å².